The minimum atomic E-state index is -0.913. The lowest BCUT2D eigenvalue weighted by Gasteiger charge is -2.35. The predicted octanol–water partition coefficient (Wildman–Crippen LogP) is 2.74. The SMILES string of the molecule is CCOC(=O)CCCCCC(=O)NC[C@H](C(=O)N1C[C@H](O)C[C@H]1C(=O)N[C@@H](CO)c1ccc(Cl)cc1)C(C)(C)C. The first kappa shape index (κ1) is 33.5. The van der Waals surface area contributed by atoms with Crippen molar-refractivity contribution in [3.63, 3.8) is 0 Å². The lowest BCUT2D eigenvalue weighted by molar-refractivity contribution is -0.145. The van der Waals surface area contributed by atoms with E-state index in [0.717, 1.165) is 0 Å². The van der Waals surface area contributed by atoms with Crippen LogP contribution >= 0.6 is 11.6 Å². The molecular weight excluding hydrogens is 538 g/mol. The first-order valence-electron chi connectivity index (χ1n) is 13.9. The predicted molar refractivity (Wildman–Crippen MR) is 151 cm³/mol. The first-order valence-corrected chi connectivity index (χ1v) is 14.3. The normalized spacial score (nSPS) is 18.6. The molecule has 0 spiro atoms. The van der Waals surface area contributed by atoms with Gasteiger partial charge >= 0.3 is 5.97 Å². The Bertz CT molecular complexity index is 996. The van der Waals surface area contributed by atoms with E-state index in [4.69, 9.17) is 16.3 Å². The monoisotopic (exact) mass is 581 g/mol. The van der Waals surface area contributed by atoms with Gasteiger partial charge in [-0.05, 0) is 42.9 Å². The molecule has 11 heteroatoms. The topological polar surface area (TPSA) is 145 Å². The second kappa shape index (κ2) is 15.9. The maximum Gasteiger partial charge on any atom is 0.305 e. The molecule has 1 aliphatic rings. The Morgan fingerprint density at radius 2 is 1.75 bits per heavy atom. The highest BCUT2D eigenvalue weighted by atomic mass is 35.5. The van der Waals surface area contributed by atoms with Crippen LogP contribution in [0.2, 0.25) is 5.02 Å². The molecule has 0 radical (unpaired) electrons. The number of hydrogen-bond donors (Lipinski definition) is 4. The summed E-state index contributed by atoms with van der Waals surface area (Å²) < 4.78 is 4.90. The number of halogens is 1. The zero-order valence-electron chi connectivity index (χ0n) is 24.0. The van der Waals surface area contributed by atoms with Crippen molar-refractivity contribution < 1.29 is 34.1 Å². The number of aliphatic hydroxyl groups is 2. The molecule has 0 aromatic heterocycles. The Balaban J connectivity index is 1.99. The molecule has 1 aromatic carbocycles. The minimum Gasteiger partial charge on any atom is -0.466 e. The van der Waals surface area contributed by atoms with Crippen LogP contribution in [0.25, 0.3) is 0 Å². The fraction of sp³-hybridized carbons (Fsp3) is 0.655. The summed E-state index contributed by atoms with van der Waals surface area (Å²) in [5.74, 6) is -1.87. The molecule has 0 bridgehead atoms. The average molecular weight is 582 g/mol. The van der Waals surface area contributed by atoms with E-state index in [0.29, 0.717) is 42.9 Å². The molecule has 0 saturated carbocycles. The zero-order valence-corrected chi connectivity index (χ0v) is 24.7. The molecule has 224 valence electrons. The van der Waals surface area contributed by atoms with Crippen LogP contribution in [0.15, 0.2) is 24.3 Å². The maximum atomic E-state index is 13.7. The second-order valence-corrected chi connectivity index (χ2v) is 11.7. The van der Waals surface area contributed by atoms with Gasteiger partial charge in [-0.25, -0.2) is 0 Å². The third-order valence-corrected chi connectivity index (χ3v) is 7.33. The third kappa shape index (κ3) is 10.4. The van der Waals surface area contributed by atoms with Crippen molar-refractivity contribution in [3.8, 4) is 0 Å². The van der Waals surface area contributed by atoms with Gasteiger partial charge in [0.25, 0.3) is 0 Å². The maximum absolute atomic E-state index is 13.7. The fourth-order valence-corrected chi connectivity index (χ4v) is 4.86. The second-order valence-electron chi connectivity index (χ2n) is 11.3. The van der Waals surface area contributed by atoms with Crippen molar-refractivity contribution in [2.75, 3.05) is 26.3 Å². The van der Waals surface area contributed by atoms with E-state index in [1.54, 1.807) is 31.2 Å². The number of β-amino-alcohol motifs (C(OH)–C–C–N with tert-alkyl or cyclic N) is 1. The Labute approximate surface area is 241 Å². The molecular formula is C29H44ClN3O7. The number of amides is 3. The first-order chi connectivity index (χ1) is 18.9. The number of esters is 1. The van der Waals surface area contributed by atoms with E-state index in [9.17, 15) is 29.4 Å². The van der Waals surface area contributed by atoms with Crippen LogP contribution in [-0.4, -0.2) is 77.3 Å². The Kier molecular flexibility index (Phi) is 13.3. The molecule has 3 amide bonds. The van der Waals surface area contributed by atoms with E-state index in [1.807, 2.05) is 20.8 Å². The summed E-state index contributed by atoms with van der Waals surface area (Å²) in [6, 6.07) is 5.11. The molecule has 4 N–H and O–H groups in total. The number of rotatable bonds is 14. The van der Waals surface area contributed by atoms with Gasteiger partial charge in [0.2, 0.25) is 17.7 Å². The Morgan fingerprint density at radius 3 is 2.35 bits per heavy atom. The highest BCUT2D eigenvalue weighted by Gasteiger charge is 2.44. The minimum absolute atomic E-state index is 0.00263. The fourth-order valence-electron chi connectivity index (χ4n) is 4.74. The van der Waals surface area contributed by atoms with Crippen molar-refractivity contribution >= 4 is 35.3 Å². The summed E-state index contributed by atoms with van der Waals surface area (Å²) >= 11 is 5.94. The van der Waals surface area contributed by atoms with Crippen molar-refractivity contribution in [2.45, 2.75) is 84.4 Å². The lowest BCUT2D eigenvalue weighted by Crippen LogP contribution is -2.52. The average Bonchev–Trinajstić information content (AvgIpc) is 3.28. The molecule has 40 heavy (non-hydrogen) atoms. The molecule has 1 heterocycles. The number of carbonyl (C=O) groups is 4. The molecule has 2 rings (SSSR count). The van der Waals surface area contributed by atoms with Gasteiger partial charge in [-0.2, -0.15) is 0 Å². The van der Waals surface area contributed by atoms with Gasteiger partial charge in [0.1, 0.15) is 6.04 Å². The summed E-state index contributed by atoms with van der Waals surface area (Å²) in [5, 5.41) is 26.4. The van der Waals surface area contributed by atoms with Gasteiger partial charge in [-0.15, -0.1) is 0 Å². The highest BCUT2D eigenvalue weighted by Crippen LogP contribution is 2.31. The molecule has 4 atom stereocenters. The Morgan fingerprint density at radius 1 is 1.10 bits per heavy atom. The van der Waals surface area contributed by atoms with Gasteiger partial charge in [0.15, 0.2) is 0 Å². The van der Waals surface area contributed by atoms with Crippen molar-refractivity contribution in [3.05, 3.63) is 34.9 Å². The van der Waals surface area contributed by atoms with E-state index in [1.165, 1.54) is 4.90 Å². The van der Waals surface area contributed by atoms with Crippen LogP contribution in [0.3, 0.4) is 0 Å². The van der Waals surface area contributed by atoms with Crippen molar-refractivity contribution in [2.24, 2.45) is 11.3 Å². The zero-order chi connectivity index (χ0) is 29.9. The summed E-state index contributed by atoms with van der Waals surface area (Å²) in [4.78, 5) is 52.3. The number of carbonyl (C=O) groups excluding carboxylic acids is 4. The number of unbranched alkanes of at least 4 members (excludes halogenated alkanes) is 2. The molecule has 1 aliphatic heterocycles. The van der Waals surface area contributed by atoms with Crippen LogP contribution in [0.4, 0.5) is 0 Å². The Hall–Kier alpha value is -2.69. The van der Waals surface area contributed by atoms with Gasteiger partial charge in [-0.1, -0.05) is 50.9 Å². The van der Waals surface area contributed by atoms with Crippen LogP contribution in [0, 0.1) is 11.3 Å². The largest absolute Gasteiger partial charge is 0.466 e. The molecule has 0 aliphatic carbocycles. The summed E-state index contributed by atoms with van der Waals surface area (Å²) in [5.41, 5.74) is 0.128. The van der Waals surface area contributed by atoms with Gasteiger partial charge in [0.05, 0.1) is 31.3 Å². The number of ether oxygens (including phenoxy) is 1. The van der Waals surface area contributed by atoms with Crippen molar-refractivity contribution in [1.29, 1.82) is 0 Å². The van der Waals surface area contributed by atoms with Gasteiger partial charge < -0.3 is 30.5 Å². The smallest absolute Gasteiger partial charge is 0.305 e. The number of nitrogens with one attached hydrogen (secondary N) is 2. The van der Waals surface area contributed by atoms with Crippen molar-refractivity contribution in [1.82, 2.24) is 15.5 Å². The number of aliphatic hydroxyl groups excluding tert-OH is 2. The van der Waals surface area contributed by atoms with E-state index >= 15 is 0 Å². The van der Waals surface area contributed by atoms with E-state index < -0.39 is 35.4 Å². The summed E-state index contributed by atoms with van der Waals surface area (Å²) in [7, 11) is 0. The molecule has 0 unspecified atom stereocenters. The number of likely N-dealkylation sites (tertiary alicyclic amines) is 1. The number of hydrogen-bond acceptors (Lipinski definition) is 7. The highest BCUT2D eigenvalue weighted by molar-refractivity contribution is 6.30. The van der Waals surface area contributed by atoms with E-state index in [2.05, 4.69) is 10.6 Å². The molecule has 1 fully saturated rings. The van der Waals surface area contributed by atoms with Crippen LogP contribution in [0.1, 0.15) is 77.8 Å². The number of nitrogens with zero attached hydrogens (tertiary/aromatic N) is 1. The molecule has 1 saturated heterocycles. The van der Waals surface area contributed by atoms with E-state index in [-0.39, 0.29) is 50.3 Å². The van der Waals surface area contributed by atoms with Crippen LogP contribution in [0.5, 0.6) is 0 Å². The third-order valence-electron chi connectivity index (χ3n) is 7.07. The van der Waals surface area contributed by atoms with Crippen LogP contribution < -0.4 is 10.6 Å². The standard InChI is InChI=1S/C29H44ClN3O7/c1-5-40-26(37)10-8-6-7-9-25(36)31-16-22(29(2,3)4)28(39)33-17-21(35)15-24(33)27(38)32-23(18-34)19-11-13-20(30)14-12-19/h11-14,21-24,34-35H,5-10,15-18H2,1-4H3,(H,31,36)(H,32,38)/t21-,22-,23+,24+/m1/s1. The van der Waals surface area contributed by atoms with Gasteiger partial charge in [-0.3, -0.25) is 19.2 Å². The lowest BCUT2D eigenvalue weighted by atomic mass is 9.79. The van der Waals surface area contributed by atoms with Crippen LogP contribution in [-0.2, 0) is 23.9 Å². The number of benzene rings is 1. The summed E-state index contributed by atoms with van der Waals surface area (Å²) in [6.07, 6.45) is 1.77. The summed E-state index contributed by atoms with van der Waals surface area (Å²) in [6.45, 7) is 7.52. The molecule has 1 aromatic rings. The van der Waals surface area contributed by atoms with Gasteiger partial charge in [0, 0.05) is 37.4 Å². The molecule has 10 nitrogen and oxygen atoms in total. The quantitative estimate of drug-likeness (QED) is 0.195.